The van der Waals surface area contributed by atoms with Crippen LogP contribution >= 0.6 is 31.9 Å². The molecule has 0 aliphatic carbocycles. The summed E-state index contributed by atoms with van der Waals surface area (Å²) in [5.41, 5.74) is 0.683. The molecule has 8 nitrogen and oxygen atoms in total. The number of imide groups is 2. The van der Waals surface area contributed by atoms with E-state index in [9.17, 15) is 19.2 Å². The number of hydrogen-bond acceptors (Lipinski definition) is 6. The first-order valence-electron chi connectivity index (χ1n) is 9.48. The van der Waals surface area contributed by atoms with Gasteiger partial charge in [-0.15, -0.1) is 0 Å². The van der Waals surface area contributed by atoms with Crippen molar-refractivity contribution in [2.45, 2.75) is 13.3 Å². The van der Waals surface area contributed by atoms with E-state index in [2.05, 4.69) is 41.9 Å². The van der Waals surface area contributed by atoms with Gasteiger partial charge in [-0.1, -0.05) is 22.9 Å². The Balaban J connectivity index is 2.02. The lowest BCUT2D eigenvalue weighted by Gasteiger charge is -2.26. The van der Waals surface area contributed by atoms with E-state index in [0.717, 1.165) is 11.3 Å². The van der Waals surface area contributed by atoms with E-state index < -0.39 is 23.8 Å². The zero-order chi connectivity index (χ0) is 23.4. The summed E-state index contributed by atoms with van der Waals surface area (Å²) in [6, 6.07) is 8.28. The molecule has 0 spiro atoms. The number of carbonyl (C=O) groups is 4. The van der Waals surface area contributed by atoms with Gasteiger partial charge >= 0.3 is 12.0 Å². The smallest absolute Gasteiger partial charge is 0.337 e. The molecular weight excluding hydrogens is 548 g/mol. The van der Waals surface area contributed by atoms with Crippen LogP contribution in [0, 0.1) is 0 Å². The Bertz CT molecular complexity index is 1130. The SMILES string of the molecule is CCCOc1c(Br)cc(Br)cc1/C=C1\C(=O)NC(=O)N(c2ccc(C(=O)OC)cc2)C1=O. The maximum Gasteiger partial charge on any atom is 0.337 e. The van der Waals surface area contributed by atoms with Crippen LogP contribution in [0.4, 0.5) is 10.5 Å². The number of halogens is 2. The Morgan fingerprint density at radius 1 is 1.12 bits per heavy atom. The number of esters is 1. The minimum atomic E-state index is -0.888. The Kier molecular flexibility index (Phi) is 7.47. The molecule has 10 heteroatoms. The fourth-order valence-electron chi connectivity index (χ4n) is 2.96. The predicted octanol–water partition coefficient (Wildman–Crippen LogP) is 4.45. The number of rotatable bonds is 6. The lowest BCUT2D eigenvalue weighted by atomic mass is 10.1. The van der Waals surface area contributed by atoms with Crippen molar-refractivity contribution < 1.29 is 28.7 Å². The zero-order valence-corrected chi connectivity index (χ0v) is 20.3. The highest BCUT2D eigenvalue weighted by Gasteiger charge is 2.37. The van der Waals surface area contributed by atoms with Crippen LogP contribution in [0.5, 0.6) is 5.75 Å². The number of amides is 4. The number of barbiturate groups is 1. The van der Waals surface area contributed by atoms with Crippen molar-refractivity contribution in [2.24, 2.45) is 0 Å². The van der Waals surface area contributed by atoms with Crippen LogP contribution in [0.15, 0.2) is 50.9 Å². The van der Waals surface area contributed by atoms with Crippen molar-refractivity contribution in [3.8, 4) is 5.75 Å². The third-order valence-corrected chi connectivity index (χ3v) is 5.48. The van der Waals surface area contributed by atoms with Crippen molar-refractivity contribution in [2.75, 3.05) is 18.6 Å². The van der Waals surface area contributed by atoms with Crippen molar-refractivity contribution in [1.82, 2.24) is 5.32 Å². The van der Waals surface area contributed by atoms with Gasteiger partial charge < -0.3 is 9.47 Å². The summed E-state index contributed by atoms with van der Waals surface area (Å²) in [5.74, 6) is -1.71. The molecule has 1 heterocycles. The van der Waals surface area contributed by atoms with E-state index in [-0.39, 0.29) is 16.8 Å². The average molecular weight is 566 g/mol. The van der Waals surface area contributed by atoms with Crippen molar-refractivity contribution in [1.29, 1.82) is 0 Å². The van der Waals surface area contributed by atoms with Gasteiger partial charge in [0.05, 0.1) is 29.4 Å². The second-order valence-electron chi connectivity index (χ2n) is 6.65. The van der Waals surface area contributed by atoms with Crippen molar-refractivity contribution >= 4 is 67.4 Å². The van der Waals surface area contributed by atoms with Crippen LogP contribution in [-0.4, -0.2) is 37.5 Å². The van der Waals surface area contributed by atoms with E-state index in [0.29, 0.717) is 26.9 Å². The predicted molar refractivity (Wildman–Crippen MR) is 124 cm³/mol. The summed E-state index contributed by atoms with van der Waals surface area (Å²) in [5, 5.41) is 2.17. The molecule has 0 bridgehead atoms. The molecule has 0 atom stereocenters. The highest BCUT2D eigenvalue weighted by atomic mass is 79.9. The van der Waals surface area contributed by atoms with Crippen LogP contribution in [0.25, 0.3) is 6.08 Å². The van der Waals surface area contributed by atoms with Gasteiger partial charge in [0.25, 0.3) is 11.8 Å². The first kappa shape index (κ1) is 23.7. The topological polar surface area (TPSA) is 102 Å². The third-order valence-electron chi connectivity index (χ3n) is 4.44. The molecule has 0 aromatic heterocycles. The summed E-state index contributed by atoms with van der Waals surface area (Å²) in [7, 11) is 1.25. The second kappa shape index (κ2) is 10.1. The number of urea groups is 1. The second-order valence-corrected chi connectivity index (χ2v) is 8.42. The molecule has 1 N–H and O–H groups in total. The summed E-state index contributed by atoms with van der Waals surface area (Å²) < 4.78 is 11.8. The molecule has 3 rings (SSSR count). The van der Waals surface area contributed by atoms with Gasteiger partial charge in [0.1, 0.15) is 11.3 Å². The largest absolute Gasteiger partial charge is 0.492 e. The fourth-order valence-corrected chi connectivity index (χ4v) is 4.33. The Hall–Kier alpha value is -2.98. The Morgan fingerprint density at radius 3 is 2.44 bits per heavy atom. The highest BCUT2D eigenvalue weighted by Crippen LogP contribution is 2.35. The number of nitrogens with one attached hydrogen (secondary N) is 1. The molecule has 1 saturated heterocycles. The van der Waals surface area contributed by atoms with Gasteiger partial charge in [0, 0.05) is 10.0 Å². The van der Waals surface area contributed by atoms with E-state index in [1.807, 2.05) is 6.92 Å². The Labute approximate surface area is 200 Å². The molecule has 1 fully saturated rings. The number of nitrogens with zero attached hydrogens (tertiary/aromatic N) is 1. The number of anilines is 1. The van der Waals surface area contributed by atoms with Crippen LogP contribution in [0.3, 0.4) is 0 Å². The third kappa shape index (κ3) is 4.91. The molecule has 2 aromatic carbocycles. The van der Waals surface area contributed by atoms with E-state index >= 15 is 0 Å². The monoisotopic (exact) mass is 564 g/mol. The Morgan fingerprint density at radius 2 is 1.81 bits per heavy atom. The minimum absolute atomic E-state index is 0.191. The number of hydrogen-bond donors (Lipinski definition) is 1. The van der Waals surface area contributed by atoms with Gasteiger partial charge in [0.15, 0.2) is 0 Å². The van der Waals surface area contributed by atoms with E-state index in [1.54, 1.807) is 12.1 Å². The normalized spacial score (nSPS) is 15.1. The van der Waals surface area contributed by atoms with Gasteiger partial charge in [-0.25, -0.2) is 14.5 Å². The summed E-state index contributed by atoms with van der Waals surface area (Å²) in [4.78, 5) is 50.5. The van der Waals surface area contributed by atoms with Crippen LogP contribution < -0.4 is 15.0 Å². The lowest BCUT2D eigenvalue weighted by Crippen LogP contribution is -2.54. The molecule has 32 heavy (non-hydrogen) atoms. The molecule has 0 unspecified atom stereocenters. The zero-order valence-electron chi connectivity index (χ0n) is 17.1. The lowest BCUT2D eigenvalue weighted by molar-refractivity contribution is -0.122. The van der Waals surface area contributed by atoms with Crippen molar-refractivity contribution in [3.05, 3.63) is 62.0 Å². The molecule has 0 radical (unpaired) electrons. The average Bonchev–Trinajstić information content (AvgIpc) is 2.75. The standard InChI is InChI=1S/C22H18Br2N2O6/c1-3-8-32-18-13(9-14(23)11-17(18)24)10-16-19(27)25-22(30)26(20(16)28)15-6-4-12(5-7-15)21(29)31-2/h4-7,9-11H,3,8H2,1-2H3,(H,25,27,30)/b16-10+. The molecular formula is C22H18Br2N2O6. The molecule has 1 aliphatic heterocycles. The first-order chi connectivity index (χ1) is 15.3. The number of benzene rings is 2. The maximum atomic E-state index is 13.1. The summed E-state index contributed by atoms with van der Waals surface area (Å²) >= 11 is 6.82. The van der Waals surface area contributed by atoms with Crippen LogP contribution in [-0.2, 0) is 14.3 Å². The minimum Gasteiger partial charge on any atom is -0.492 e. The van der Waals surface area contributed by atoms with Crippen LogP contribution in [0.2, 0.25) is 0 Å². The van der Waals surface area contributed by atoms with Crippen molar-refractivity contribution in [3.63, 3.8) is 0 Å². The molecule has 0 saturated carbocycles. The number of methoxy groups -OCH3 is 1. The number of ether oxygens (including phenoxy) is 2. The van der Waals surface area contributed by atoms with Gasteiger partial charge in [0.2, 0.25) is 0 Å². The fraction of sp³-hybridized carbons (Fsp3) is 0.182. The van der Waals surface area contributed by atoms with Gasteiger partial charge in [-0.05, 0) is 64.8 Å². The highest BCUT2D eigenvalue weighted by molar-refractivity contribution is 9.11. The first-order valence-corrected chi connectivity index (χ1v) is 11.1. The summed E-state index contributed by atoms with van der Waals surface area (Å²) in [6.07, 6.45) is 2.14. The van der Waals surface area contributed by atoms with Crippen LogP contribution in [0.1, 0.15) is 29.3 Å². The van der Waals surface area contributed by atoms with E-state index in [4.69, 9.17) is 4.74 Å². The van der Waals surface area contributed by atoms with Gasteiger partial charge in [-0.3, -0.25) is 14.9 Å². The van der Waals surface area contributed by atoms with Gasteiger partial charge in [-0.2, -0.15) is 0 Å². The summed E-state index contributed by atoms with van der Waals surface area (Å²) in [6.45, 7) is 2.39. The quantitative estimate of drug-likeness (QED) is 0.315. The van der Waals surface area contributed by atoms with E-state index in [1.165, 1.54) is 37.5 Å². The maximum absolute atomic E-state index is 13.1. The number of carbonyl (C=O) groups excluding carboxylic acids is 4. The molecule has 2 aromatic rings. The molecule has 4 amide bonds. The molecule has 1 aliphatic rings. The molecule has 166 valence electrons.